The van der Waals surface area contributed by atoms with Crippen LogP contribution in [0.5, 0.6) is 5.75 Å². The van der Waals surface area contributed by atoms with Crippen LogP contribution in [0.15, 0.2) is 41.9 Å². The Morgan fingerprint density at radius 1 is 1.31 bits per heavy atom. The van der Waals surface area contributed by atoms with Crippen molar-refractivity contribution in [3.8, 4) is 16.9 Å². The van der Waals surface area contributed by atoms with Crippen molar-refractivity contribution in [1.82, 2.24) is 14.9 Å². The summed E-state index contributed by atoms with van der Waals surface area (Å²) in [5.74, 6) is 0.422. The summed E-state index contributed by atoms with van der Waals surface area (Å²) < 4.78 is 6.00. The number of carbonyl (C=O) groups is 1. The van der Waals surface area contributed by atoms with Gasteiger partial charge in [0.25, 0.3) is 5.91 Å². The van der Waals surface area contributed by atoms with Crippen LogP contribution in [0.4, 0.5) is 0 Å². The number of aliphatic hydroxyl groups excluding tert-OH is 1. The molecule has 3 heterocycles. The van der Waals surface area contributed by atoms with Gasteiger partial charge in [0.05, 0.1) is 6.61 Å². The molecule has 1 amide bonds. The Hall–Kier alpha value is -3.00. The smallest absolute Gasteiger partial charge is 0.261 e. The largest absolute Gasteiger partial charge is 0.485 e. The fourth-order valence-corrected chi connectivity index (χ4v) is 3.59. The van der Waals surface area contributed by atoms with Gasteiger partial charge in [-0.3, -0.25) is 9.69 Å². The van der Waals surface area contributed by atoms with Gasteiger partial charge < -0.3 is 15.6 Å². The maximum Gasteiger partial charge on any atom is 0.261 e. The van der Waals surface area contributed by atoms with Crippen LogP contribution in [0.2, 0.25) is 0 Å². The molecule has 0 bridgehead atoms. The van der Waals surface area contributed by atoms with Crippen LogP contribution in [0.3, 0.4) is 0 Å². The lowest BCUT2D eigenvalue weighted by Crippen LogP contribution is -2.52. The van der Waals surface area contributed by atoms with Crippen LogP contribution < -0.4 is 10.5 Å². The molecule has 4 rings (SSSR count). The second kappa shape index (κ2) is 5.50. The molecule has 0 fully saturated rings. The molecule has 8 nitrogen and oxygen atoms in total. The average Bonchev–Trinajstić information content (AvgIpc) is 2.86. The van der Waals surface area contributed by atoms with E-state index in [0.717, 1.165) is 11.1 Å². The zero-order valence-corrected chi connectivity index (χ0v) is 14.5. The number of aliphatic hydroxyl groups is 1. The zero-order chi connectivity index (χ0) is 18.5. The molecule has 2 aliphatic rings. The van der Waals surface area contributed by atoms with Crippen LogP contribution >= 0.6 is 0 Å². The Labute approximate surface area is 150 Å². The van der Waals surface area contributed by atoms with Gasteiger partial charge in [-0.2, -0.15) is 0 Å². The van der Waals surface area contributed by atoms with E-state index >= 15 is 0 Å². The van der Waals surface area contributed by atoms with Crippen molar-refractivity contribution < 1.29 is 14.6 Å². The van der Waals surface area contributed by atoms with E-state index in [9.17, 15) is 9.90 Å². The minimum Gasteiger partial charge on any atom is -0.485 e. The van der Waals surface area contributed by atoms with Gasteiger partial charge in [0.1, 0.15) is 17.7 Å². The highest BCUT2D eigenvalue weighted by Crippen LogP contribution is 2.49. The highest BCUT2D eigenvalue weighted by atomic mass is 16.5. The van der Waals surface area contributed by atoms with E-state index < -0.39 is 11.1 Å². The summed E-state index contributed by atoms with van der Waals surface area (Å²) in [5.41, 5.74) is 6.08. The number of likely N-dealkylation sites (N-methyl/N-ethyl adjacent to an activating group) is 1. The van der Waals surface area contributed by atoms with Gasteiger partial charge in [0, 0.05) is 37.0 Å². The second-order valence-electron chi connectivity index (χ2n) is 6.92. The van der Waals surface area contributed by atoms with Crippen molar-refractivity contribution in [2.75, 3.05) is 13.7 Å². The van der Waals surface area contributed by atoms with Crippen LogP contribution in [-0.4, -0.2) is 51.1 Å². The topological polar surface area (TPSA) is 114 Å². The fraction of sp³-hybridized carbons (Fsp3) is 0.333. The third-order valence-corrected chi connectivity index (χ3v) is 4.95. The standard InChI is InChI=1S/C18H19N5O3/c1-17(9-24)8-18(15(25)23(2)16(19)22-18)13-5-11(3-4-14(13)26-17)12-6-20-10-21-7-12/h3-7,10,24H,8-9H2,1-2H3,(H2,19,22). The Bertz CT molecular complexity index is 916. The van der Waals surface area contributed by atoms with Gasteiger partial charge in [-0.1, -0.05) is 6.07 Å². The summed E-state index contributed by atoms with van der Waals surface area (Å²) in [6, 6.07) is 5.51. The summed E-state index contributed by atoms with van der Waals surface area (Å²) in [6.07, 6.45) is 5.05. The van der Waals surface area contributed by atoms with E-state index in [1.165, 1.54) is 11.2 Å². The highest BCUT2D eigenvalue weighted by Gasteiger charge is 2.56. The van der Waals surface area contributed by atoms with E-state index in [-0.39, 0.29) is 24.9 Å². The van der Waals surface area contributed by atoms with Crippen molar-refractivity contribution in [3.63, 3.8) is 0 Å². The van der Waals surface area contributed by atoms with Gasteiger partial charge in [-0.15, -0.1) is 0 Å². The van der Waals surface area contributed by atoms with Crippen molar-refractivity contribution in [2.24, 2.45) is 10.7 Å². The molecule has 2 aromatic rings. The molecule has 1 aromatic carbocycles. The minimum atomic E-state index is -1.21. The van der Waals surface area contributed by atoms with Crippen LogP contribution in [0, 0.1) is 0 Å². The van der Waals surface area contributed by atoms with E-state index in [0.29, 0.717) is 11.3 Å². The molecule has 1 aromatic heterocycles. The Kier molecular flexibility index (Phi) is 3.48. The molecule has 0 radical (unpaired) electrons. The number of guanidine groups is 1. The van der Waals surface area contributed by atoms with Gasteiger partial charge in [0.15, 0.2) is 11.5 Å². The summed E-state index contributed by atoms with van der Waals surface area (Å²) >= 11 is 0. The lowest BCUT2D eigenvalue weighted by atomic mass is 9.76. The monoisotopic (exact) mass is 353 g/mol. The number of carbonyl (C=O) groups excluding carboxylic acids is 1. The molecular formula is C18H19N5O3. The first-order valence-corrected chi connectivity index (χ1v) is 8.22. The van der Waals surface area contributed by atoms with Crippen molar-refractivity contribution in [2.45, 2.75) is 24.5 Å². The predicted molar refractivity (Wildman–Crippen MR) is 94.3 cm³/mol. The fourth-order valence-electron chi connectivity index (χ4n) is 3.59. The molecule has 2 unspecified atom stereocenters. The lowest BCUT2D eigenvalue weighted by molar-refractivity contribution is -0.134. The number of rotatable bonds is 2. The van der Waals surface area contributed by atoms with Crippen LogP contribution in [-0.2, 0) is 10.3 Å². The third kappa shape index (κ3) is 2.26. The van der Waals surface area contributed by atoms with Crippen molar-refractivity contribution >= 4 is 11.9 Å². The van der Waals surface area contributed by atoms with Gasteiger partial charge in [-0.25, -0.2) is 15.0 Å². The first kappa shape index (κ1) is 16.5. The Balaban J connectivity index is 1.93. The summed E-state index contributed by atoms with van der Waals surface area (Å²) in [6.45, 7) is 1.52. The Morgan fingerprint density at radius 2 is 2.04 bits per heavy atom. The Morgan fingerprint density at radius 3 is 2.65 bits per heavy atom. The molecular weight excluding hydrogens is 334 g/mol. The first-order valence-electron chi connectivity index (χ1n) is 8.22. The number of nitrogens with zero attached hydrogens (tertiary/aromatic N) is 4. The molecule has 1 spiro atoms. The van der Waals surface area contributed by atoms with Gasteiger partial charge in [-0.05, 0) is 24.6 Å². The number of aromatic nitrogens is 2. The number of ether oxygens (including phenoxy) is 1. The quantitative estimate of drug-likeness (QED) is 0.820. The van der Waals surface area contributed by atoms with Crippen molar-refractivity contribution in [3.05, 3.63) is 42.5 Å². The van der Waals surface area contributed by atoms with E-state index in [1.54, 1.807) is 32.4 Å². The second-order valence-corrected chi connectivity index (χ2v) is 6.92. The maximum atomic E-state index is 13.1. The number of hydrogen-bond donors (Lipinski definition) is 2. The molecule has 3 N–H and O–H groups in total. The molecule has 134 valence electrons. The SMILES string of the molecule is CN1C(=O)C2(CC(C)(CO)Oc3ccc(-c4cncnc4)cc32)N=C1N. The number of aliphatic imine (C=N–C) groups is 1. The summed E-state index contributed by atoms with van der Waals surface area (Å²) in [7, 11) is 1.59. The summed E-state index contributed by atoms with van der Waals surface area (Å²) in [5, 5.41) is 9.82. The number of amides is 1. The van der Waals surface area contributed by atoms with E-state index in [1.807, 2.05) is 12.1 Å². The normalized spacial score (nSPS) is 27.3. The lowest BCUT2D eigenvalue weighted by Gasteiger charge is -2.42. The molecule has 0 saturated carbocycles. The van der Waals surface area contributed by atoms with Gasteiger partial charge in [0.2, 0.25) is 0 Å². The molecule has 0 aliphatic carbocycles. The highest BCUT2D eigenvalue weighted by molar-refractivity contribution is 6.07. The van der Waals surface area contributed by atoms with Gasteiger partial charge >= 0.3 is 0 Å². The average molecular weight is 353 g/mol. The first-order chi connectivity index (χ1) is 12.4. The molecule has 2 aliphatic heterocycles. The van der Waals surface area contributed by atoms with Crippen molar-refractivity contribution in [1.29, 1.82) is 0 Å². The number of benzene rings is 1. The number of nitrogens with two attached hydrogens (primary N) is 1. The minimum absolute atomic E-state index is 0.150. The molecule has 0 saturated heterocycles. The van der Waals surface area contributed by atoms with Crippen LogP contribution in [0.25, 0.3) is 11.1 Å². The summed E-state index contributed by atoms with van der Waals surface area (Å²) in [4.78, 5) is 27.0. The van der Waals surface area contributed by atoms with E-state index in [2.05, 4.69) is 15.0 Å². The van der Waals surface area contributed by atoms with Crippen LogP contribution in [0.1, 0.15) is 18.9 Å². The molecule has 2 atom stereocenters. The molecule has 8 heteroatoms. The molecule has 26 heavy (non-hydrogen) atoms. The number of hydrogen-bond acceptors (Lipinski definition) is 7. The zero-order valence-electron chi connectivity index (χ0n) is 14.5. The predicted octanol–water partition coefficient (Wildman–Crippen LogP) is 0.659. The third-order valence-electron chi connectivity index (χ3n) is 4.95. The number of fused-ring (bicyclic) bond motifs is 2. The van der Waals surface area contributed by atoms with E-state index in [4.69, 9.17) is 10.5 Å². The maximum absolute atomic E-state index is 13.1.